The van der Waals surface area contributed by atoms with Gasteiger partial charge in [0, 0.05) is 24.0 Å². The molecule has 2 heterocycles. The van der Waals surface area contributed by atoms with Gasteiger partial charge >= 0.3 is 0 Å². The Morgan fingerprint density at radius 2 is 2.15 bits per heavy atom. The van der Waals surface area contributed by atoms with Crippen LogP contribution in [0.15, 0.2) is 40.6 Å². The molecule has 3 rings (SSSR count). The van der Waals surface area contributed by atoms with Crippen molar-refractivity contribution in [3.8, 4) is 0 Å². The SMILES string of the molecule is C[C@H]1CCCN(S(=O)(=O)c2ccc(N[C@@H](C)c3cccs3)c([N+](=O)[O-])c2)C1. The summed E-state index contributed by atoms with van der Waals surface area (Å²) >= 11 is 1.56. The van der Waals surface area contributed by atoms with Crippen molar-refractivity contribution in [2.75, 3.05) is 18.4 Å². The first-order chi connectivity index (χ1) is 12.8. The molecule has 2 aromatic rings. The van der Waals surface area contributed by atoms with Crippen molar-refractivity contribution in [3.05, 3.63) is 50.7 Å². The van der Waals surface area contributed by atoms with Crippen LogP contribution in [0.3, 0.4) is 0 Å². The fraction of sp³-hybridized carbons (Fsp3) is 0.444. The third kappa shape index (κ3) is 4.31. The van der Waals surface area contributed by atoms with E-state index in [-0.39, 0.29) is 22.5 Å². The number of hydrogen-bond donors (Lipinski definition) is 1. The van der Waals surface area contributed by atoms with E-state index in [4.69, 9.17) is 0 Å². The van der Waals surface area contributed by atoms with Crippen LogP contribution in [-0.4, -0.2) is 30.7 Å². The second-order valence-corrected chi connectivity index (χ2v) is 9.85. The Kier molecular flexibility index (Phi) is 5.83. The first-order valence-electron chi connectivity index (χ1n) is 8.87. The molecule has 27 heavy (non-hydrogen) atoms. The van der Waals surface area contributed by atoms with Crippen LogP contribution in [-0.2, 0) is 10.0 Å². The number of thiophene rings is 1. The number of benzene rings is 1. The molecule has 1 aromatic heterocycles. The molecule has 0 unspecified atom stereocenters. The van der Waals surface area contributed by atoms with Crippen molar-refractivity contribution in [2.24, 2.45) is 5.92 Å². The Hall–Kier alpha value is -1.97. The maximum Gasteiger partial charge on any atom is 0.293 e. The minimum atomic E-state index is -3.74. The van der Waals surface area contributed by atoms with Crippen molar-refractivity contribution in [1.29, 1.82) is 0 Å². The van der Waals surface area contributed by atoms with Gasteiger partial charge in [-0.1, -0.05) is 13.0 Å². The Morgan fingerprint density at radius 1 is 1.37 bits per heavy atom. The van der Waals surface area contributed by atoms with Gasteiger partial charge in [-0.2, -0.15) is 4.31 Å². The lowest BCUT2D eigenvalue weighted by atomic mass is 10.0. The van der Waals surface area contributed by atoms with E-state index in [0.29, 0.717) is 18.8 Å². The van der Waals surface area contributed by atoms with Crippen LogP contribution in [0.2, 0.25) is 0 Å². The van der Waals surface area contributed by atoms with Gasteiger partial charge in [0.2, 0.25) is 10.0 Å². The van der Waals surface area contributed by atoms with Crippen LogP contribution >= 0.6 is 11.3 Å². The van der Waals surface area contributed by atoms with Gasteiger partial charge in [0.15, 0.2) is 0 Å². The molecule has 0 amide bonds. The van der Waals surface area contributed by atoms with Gasteiger partial charge in [-0.15, -0.1) is 11.3 Å². The summed E-state index contributed by atoms with van der Waals surface area (Å²) in [7, 11) is -3.74. The van der Waals surface area contributed by atoms with E-state index in [0.717, 1.165) is 23.8 Å². The predicted octanol–water partition coefficient (Wildman–Crippen LogP) is 4.25. The highest BCUT2D eigenvalue weighted by Gasteiger charge is 2.30. The first kappa shape index (κ1) is 19.8. The molecule has 9 heteroatoms. The van der Waals surface area contributed by atoms with Gasteiger partial charge in [-0.25, -0.2) is 8.42 Å². The number of rotatable bonds is 6. The van der Waals surface area contributed by atoms with E-state index in [1.165, 1.54) is 16.4 Å². The molecule has 1 N–H and O–H groups in total. The highest BCUT2D eigenvalue weighted by molar-refractivity contribution is 7.89. The minimum Gasteiger partial charge on any atom is -0.372 e. The maximum atomic E-state index is 12.9. The third-order valence-corrected chi connectivity index (χ3v) is 7.68. The van der Waals surface area contributed by atoms with Crippen LogP contribution in [0.4, 0.5) is 11.4 Å². The van der Waals surface area contributed by atoms with Crippen LogP contribution < -0.4 is 5.32 Å². The summed E-state index contributed by atoms with van der Waals surface area (Å²) in [4.78, 5) is 12.0. The second kappa shape index (κ2) is 7.95. The van der Waals surface area contributed by atoms with E-state index in [2.05, 4.69) is 5.32 Å². The number of nitrogens with zero attached hydrogens (tertiary/aromatic N) is 2. The molecule has 1 aromatic carbocycles. The molecule has 0 radical (unpaired) electrons. The van der Waals surface area contributed by atoms with Crippen molar-refractivity contribution in [2.45, 2.75) is 37.6 Å². The quantitative estimate of drug-likeness (QED) is 0.569. The highest BCUT2D eigenvalue weighted by Crippen LogP contribution is 2.33. The van der Waals surface area contributed by atoms with E-state index in [1.807, 2.05) is 31.4 Å². The zero-order valence-corrected chi connectivity index (χ0v) is 16.9. The highest BCUT2D eigenvalue weighted by atomic mass is 32.2. The van der Waals surface area contributed by atoms with E-state index in [9.17, 15) is 18.5 Å². The van der Waals surface area contributed by atoms with Gasteiger partial charge in [-0.3, -0.25) is 10.1 Å². The molecule has 1 saturated heterocycles. The summed E-state index contributed by atoms with van der Waals surface area (Å²) in [5.41, 5.74) is 0.0800. The largest absolute Gasteiger partial charge is 0.372 e. The lowest BCUT2D eigenvalue weighted by molar-refractivity contribution is -0.384. The van der Waals surface area contributed by atoms with Gasteiger partial charge in [0.1, 0.15) is 5.69 Å². The number of hydrogen-bond acceptors (Lipinski definition) is 6. The summed E-state index contributed by atoms with van der Waals surface area (Å²) in [6, 6.07) is 7.85. The summed E-state index contributed by atoms with van der Waals surface area (Å²) in [5, 5.41) is 16.6. The van der Waals surface area contributed by atoms with E-state index < -0.39 is 14.9 Å². The van der Waals surface area contributed by atoms with Crippen molar-refractivity contribution in [1.82, 2.24) is 4.31 Å². The average Bonchev–Trinajstić information content (AvgIpc) is 3.16. The van der Waals surface area contributed by atoms with Gasteiger partial charge in [0.05, 0.1) is 15.9 Å². The Labute approximate surface area is 163 Å². The van der Waals surface area contributed by atoms with Gasteiger partial charge in [-0.05, 0) is 49.3 Å². The number of anilines is 1. The van der Waals surface area contributed by atoms with Crippen LogP contribution in [0.1, 0.15) is 37.6 Å². The standard InChI is InChI=1S/C18H23N3O4S2/c1-13-5-3-9-20(12-13)27(24,25)15-7-8-16(17(11-15)21(22)23)19-14(2)18-6-4-10-26-18/h4,6-8,10-11,13-14,19H,3,5,9,12H2,1-2H3/t13-,14-/m0/s1. The van der Waals surface area contributed by atoms with Crippen molar-refractivity contribution >= 4 is 32.7 Å². The smallest absolute Gasteiger partial charge is 0.293 e. The van der Waals surface area contributed by atoms with Crippen molar-refractivity contribution in [3.63, 3.8) is 0 Å². The zero-order valence-electron chi connectivity index (χ0n) is 15.3. The van der Waals surface area contributed by atoms with Crippen LogP contribution in [0, 0.1) is 16.0 Å². The summed E-state index contributed by atoms with van der Waals surface area (Å²) in [6.07, 6.45) is 1.80. The summed E-state index contributed by atoms with van der Waals surface area (Å²) < 4.78 is 27.3. The average molecular weight is 410 g/mol. The summed E-state index contributed by atoms with van der Waals surface area (Å²) in [5.74, 6) is 0.288. The minimum absolute atomic E-state index is 0.0300. The molecule has 146 valence electrons. The number of nitrogens with one attached hydrogen (secondary N) is 1. The topological polar surface area (TPSA) is 92.6 Å². The van der Waals surface area contributed by atoms with E-state index >= 15 is 0 Å². The Balaban J connectivity index is 1.90. The molecule has 0 spiro atoms. The normalized spacial score (nSPS) is 19.6. The molecule has 0 aliphatic carbocycles. The lowest BCUT2D eigenvalue weighted by Crippen LogP contribution is -2.39. The van der Waals surface area contributed by atoms with Gasteiger partial charge < -0.3 is 5.32 Å². The number of sulfonamides is 1. The van der Waals surface area contributed by atoms with E-state index in [1.54, 1.807) is 11.3 Å². The molecule has 2 atom stereocenters. The Morgan fingerprint density at radius 3 is 2.78 bits per heavy atom. The molecule has 1 fully saturated rings. The molecule has 7 nitrogen and oxygen atoms in total. The lowest BCUT2D eigenvalue weighted by Gasteiger charge is -2.30. The third-order valence-electron chi connectivity index (χ3n) is 4.77. The molecule has 1 aliphatic rings. The number of nitro benzene ring substituents is 1. The molecule has 1 aliphatic heterocycles. The fourth-order valence-electron chi connectivity index (χ4n) is 3.30. The number of piperidine rings is 1. The number of nitro groups is 1. The monoisotopic (exact) mass is 409 g/mol. The second-order valence-electron chi connectivity index (χ2n) is 6.93. The molecular formula is C18H23N3O4S2. The maximum absolute atomic E-state index is 12.9. The molecule has 0 saturated carbocycles. The predicted molar refractivity (Wildman–Crippen MR) is 107 cm³/mol. The Bertz CT molecular complexity index is 913. The zero-order chi connectivity index (χ0) is 19.6. The fourth-order valence-corrected chi connectivity index (χ4v) is 5.65. The van der Waals surface area contributed by atoms with Crippen LogP contribution in [0.25, 0.3) is 0 Å². The van der Waals surface area contributed by atoms with Gasteiger partial charge in [0.25, 0.3) is 5.69 Å². The molecular weight excluding hydrogens is 386 g/mol. The molecule has 0 bridgehead atoms. The summed E-state index contributed by atoms with van der Waals surface area (Å²) in [6.45, 7) is 4.83. The van der Waals surface area contributed by atoms with Crippen molar-refractivity contribution < 1.29 is 13.3 Å². The first-order valence-corrected chi connectivity index (χ1v) is 11.2. The van der Waals surface area contributed by atoms with Crippen LogP contribution in [0.5, 0.6) is 0 Å².